The Kier molecular flexibility index (Phi) is 30.6. The summed E-state index contributed by atoms with van der Waals surface area (Å²) in [4.78, 5) is 0. The molecule has 0 N–H and O–H groups in total. The van der Waals surface area contributed by atoms with Crippen LogP contribution in [0.5, 0.6) is 0 Å². The van der Waals surface area contributed by atoms with E-state index in [0.717, 1.165) is 6.08 Å². The van der Waals surface area contributed by atoms with Crippen molar-refractivity contribution in [2.24, 2.45) is 0 Å². The fourth-order valence-corrected chi connectivity index (χ4v) is 1.88. The summed E-state index contributed by atoms with van der Waals surface area (Å²) in [5, 5.41) is 10.5. The minimum atomic E-state index is -5.96. The van der Waals surface area contributed by atoms with Crippen LogP contribution in [-0.4, -0.2) is 56.9 Å². The molecule has 0 aromatic rings. The van der Waals surface area contributed by atoms with E-state index in [1.807, 2.05) is 0 Å². The summed E-state index contributed by atoms with van der Waals surface area (Å²) in [6, 6.07) is 0. The number of rotatable bonds is 1. The number of halogens is 3. The summed E-state index contributed by atoms with van der Waals surface area (Å²) in [5.41, 5.74) is 0. The van der Waals surface area contributed by atoms with E-state index in [2.05, 4.69) is 22.0 Å². The molecule has 0 atom stereocenters. The van der Waals surface area contributed by atoms with E-state index < -0.39 is 19.1 Å². The number of allylic oxidation sites excluding steroid dienone is 4. The van der Waals surface area contributed by atoms with Gasteiger partial charge >= 0.3 is 80.4 Å². The zero-order chi connectivity index (χ0) is 15.0. The molecule has 0 bridgehead atoms. The Morgan fingerprint density at radius 3 is 1.37 bits per heavy atom. The van der Waals surface area contributed by atoms with Crippen molar-refractivity contribution >= 4 is 14.7 Å². The summed E-state index contributed by atoms with van der Waals surface area (Å²) in [6.07, 6.45) is 5.20. The van der Waals surface area contributed by atoms with Gasteiger partial charge in [-0.2, -0.15) is 42.3 Å². The Hall–Kier alpha value is 0.576. The molecule has 0 fully saturated rings. The van der Waals surface area contributed by atoms with Crippen molar-refractivity contribution in [3.63, 3.8) is 0 Å². The van der Waals surface area contributed by atoms with Gasteiger partial charge in [0.2, 0.25) is 0 Å². The molecule has 1 aliphatic carbocycles. The third-order valence-corrected chi connectivity index (χ3v) is 3.00. The first-order valence-corrected chi connectivity index (χ1v) is 8.56. The van der Waals surface area contributed by atoms with Crippen LogP contribution in [0.25, 0.3) is 16.0 Å². The Balaban J connectivity index is -0.0000000956. The Bertz CT molecular complexity index is 217. The summed E-state index contributed by atoms with van der Waals surface area (Å²) < 4.78 is 34.9. The van der Waals surface area contributed by atoms with E-state index in [-0.39, 0.29) is 26.2 Å². The molecule has 0 saturated heterocycles. The van der Waals surface area contributed by atoms with Crippen LogP contribution in [0.1, 0.15) is 6.42 Å². The minimum Gasteiger partial charge on any atom is 4.00 e. The average Bonchev–Trinajstić information content (AvgIpc) is 2.72. The maximum atomic E-state index is 11.8. The SMILES string of the molecule is C[N-]C.C[N-]C.C[N-]C.[F][Ge]([F])([F])[C]1=[C-]CC=C1.[Zr+4]. The predicted molar refractivity (Wildman–Crippen MR) is 75.2 cm³/mol. The molecule has 0 aliphatic heterocycles. The minimum absolute atomic E-state index is 0. The van der Waals surface area contributed by atoms with Crippen molar-refractivity contribution in [2.75, 3.05) is 42.3 Å². The molecule has 19 heavy (non-hydrogen) atoms. The third-order valence-electron chi connectivity index (χ3n) is 1.00. The molecule has 1 rings (SSSR count). The largest absolute Gasteiger partial charge is 4.00 e. The quantitative estimate of drug-likeness (QED) is 0.459. The summed E-state index contributed by atoms with van der Waals surface area (Å²) in [7, 11) is 10.5. The maximum absolute atomic E-state index is 11.8. The first kappa shape index (κ1) is 27.8. The van der Waals surface area contributed by atoms with Crippen molar-refractivity contribution in [1.29, 1.82) is 0 Å². The van der Waals surface area contributed by atoms with Crippen LogP contribution in [0, 0.1) is 6.08 Å². The van der Waals surface area contributed by atoms with Crippen LogP contribution in [0.3, 0.4) is 0 Å². The van der Waals surface area contributed by atoms with Gasteiger partial charge in [-0.1, -0.05) is 0 Å². The third kappa shape index (κ3) is 27.7. The van der Waals surface area contributed by atoms with Crippen molar-refractivity contribution in [3.8, 4) is 0 Å². The average molecular weight is 417 g/mol. The number of hydrogen-bond acceptors (Lipinski definition) is 0. The first-order chi connectivity index (χ1) is 8.35. The molecule has 1 aliphatic rings. The molecule has 0 aromatic heterocycles. The zero-order valence-corrected chi connectivity index (χ0v) is 16.9. The van der Waals surface area contributed by atoms with Crippen molar-refractivity contribution in [3.05, 3.63) is 38.6 Å². The van der Waals surface area contributed by atoms with E-state index in [0.29, 0.717) is 6.42 Å². The molecular formula is C11H22F3GeN3Zr. The summed E-state index contributed by atoms with van der Waals surface area (Å²) >= 11 is -5.96. The molecule has 0 radical (unpaired) electrons. The maximum Gasteiger partial charge on any atom is 4.00 e. The molecule has 0 heterocycles. The van der Waals surface area contributed by atoms with Crippen molar-refractivity contribution in [2.45, 2.75) is 6.42 Å². The number of nitrogens with zero attached hydrogens (tertiary/aromatic N) is 3. The summed E-state index contributed by atoms with van der Waals surface area (Å²) in [5.74, 6) is 0. The van der Waals surface area contributed by atoms with Gasteiger partial charge in [0.15, 0.2) is 0 Å². The van der Waals surface area contributed by atoms with Gasteiger partial charge in [0, 0.05) is 0 Å². The van der Waals surface area contributed by atoms with Gasteiger partial charge in [0.05, 0.1) is 0 Å². The van der Waals surface area contributed by atoms with Crippen molar-refractivity contribution in [1.82, 2.24) is 0 Å². The molecule has 0 aromatic carbocycles. The molecule has 8 heteroatoms. The molecule has 3 nitrogen and oxygen atoms in total. The van der Waals surface area contributed by atoms with Gasteiger partial charge in [0.25, 0.3) is 0 Å². The fraction of sp³-hybridized carbons (Fsp3) is 0.636. The van der Waals surface area contributed by atoms with Gasteiger partial charge in [-0.3, -0.25) is 0 Å². The molecular weight excluding hydrogens is 395 g/mol. The van der Waals surface area contributed by atoms with Crippen molar-refractivity contribution < 1.29 is 36.7 Å². The second-order valence-electron chi connectivity index (χ2n) is 3.04. The van der Waals surface area contributed by atoms with Gasteiger partial charge in [-0.25, -0.2) is 0 Å². The molecule has 0 saturated carbocycles. The zero-order valence-electron chi connectivity index (χ0n) is 12.3. The first-order valence-electron chi connectivity index (χ1n) is 5.13. The van der Waals surface area contributed by atoms with Crippen LogP contribution in [0.2, 0.25) is 0 Å². The van der Waals surface area contributed by atoms with Crippen LogP contribution in [0.4, 0.5) is 10.5 Å². The van der Waals surface area contributed by atoms with E-state index >= 15 is 0 Å². The second kappa shape index (κ2) is 20.9. The van der Waals surface area contributed by atoms with Gasteiger partial charge in [-0.15, -0.1) is 0 Å². The van der Waals surface area contributed by atoms with Gasteiger partial charge < -0.3 is 16.0 Å². The molecule has 110 valence electrons. The van der Waals surface area contributed by atoms with E-state index in [4.69, 9.17) is 0 Å². The van der Waals surface area contributed by atoms with Crippen LogP contribution in [-0.2, 0) is 26.2 Å². The normalized spacial score (nSPS) is 11.5. The molecule has 0 amide bonds. The Morgan fingerprint density at radius 2 is 1.26 bits per heavy atom. The number of hydrogen-bond donors (Lipinski definition) is 0. The monoisotopic (exact) mass is 417 g/mol. The Morgan fingerprint density at radius 1 is 0.947 bits per heavy atom. The molecule has 0 spiro atoms. The van der Waals surface area contributed by atoms with Crippen LogP contribution < -0.4 is 0 Å². The van der Waals surface area contributed by atoms with E-state index in [1.54, 1.807) is 42.3 Å². The summed E-state index contributed by atoms with van der Waals surface area (Å²) in [6.45, 7) is 0. The molecule has 0 unspecified atom stereocenters. The van der Waals surface area contributed by atoms with Crippen LogP contribution >= 0.6 is 0 Å². The predicted octanol–water partition coefficient (Wildman–Crippen LogP) is 3.92. The van der Waals surface area contributed by atoms with E-state index in [9.17, 15) is 10.5 Å². The standard InChI is InChI=1S/C5H4F3Ge.3C2H6N.Zr/c6-9(7,8)5-3-1-2-4-5;3*1-3-2;/h1,3H,2H2;3*1-2H3;/q4*-1;+4. The second-order valence-corrected chi connectivity index (χ2v) is 6.26. The smallest absolute Gasteiger partial charge is 4.00 e. The fourth-order valence-electron chi connectivity index (χ4n) is 0.599. The van der Waals surface area contributed by atoms with Gasteiger partial charge in [-0.05, 0) is 0 Å². The van der Waals surface area contributed by atoms with Crippen LogP contribution in [0.15, 0.2) is 16.6 Å². The topological polar surface area (TPSA) is 42.3 Å². The van der Waals surface area contributed by atoms with E-state index in [1.165, 1.54) is 6.08 Å². The Labute approximate surface area is 138 Å². The van der Waals surface area contributed by atoms with Gasteiger partial charge in [0.1, 0.15) is 0 Å².